The highest BCUT2D eigenvalue weighted by atomic mass is 16.3. The number of rotatable bonds is 6. The first-order valence-corrected chi connectivity index (χ1v) is 9.41. The van der Waals surface area contributed by atoms with E-state index in [0.717, 1.165) is 31.2 Å². The minimum absolute atomic E-state index is 0.124. The second kappa shape index (κ2) is 9.22. The van der Waals surface area contributed by atoms with E-state index in [0.29, 0.717) is 6.42 Å². The Balaban J connectivity index is 1.68. The molecule has 1 heterocycles. The van der Waals surface area contributed by atoms with Gasteiger partial charge in [0.15, 0.2) is 5.76 Å². The van der Waals surface area contributed by atoms with Crippen LogP contribution in [0.3, 0.4) is 0 Å². The predicted octanol–water partition coefficient (Wildman–Crippen LogP) is 3.46. The van der Waals surface area contributed by atoms with Gasteiger partial charge >= 0.3 is 0 Å². The molecule has 2 amide bonds. The minimum Gasteiger partial charge on any atom is -0.459 e. The van der Waals surface area contributed by atoms with Crippen LogP contribution in [0.25, 0.3) is 0 Å². The van der Waals surface area contributed by atoms with E-state index in [-0.39, 0.29) is 23.6 Å². The molecule has 0 aliphatic heterocycles. The molecule has 1 aromatic carbocycles. The van der Waals surface area contributed by atoms with E-state index in [1.807, 2.05) is 30.3 Å². The molecule has 5 nitrogen and oxygen atoms in total. The van der Waals surface area contributed by atoms with Gasteiger partial charge in [0.05, 0.1) is 6.26 Å². The number of furan rings is 1. The zero-order valence-corrected chi connectivity index (χ0v) is 14.9. The van der Waals surface area contributed by atoms with Gasteiger partial charge in [-0.1, -0.05) is 56.0 Å². The molecule has 1 aromatic heterocycles. The van der Waals surface area contributed by atoms with E-state index in [2.05, 4.69) is 10.6 Å². The van der Waals surface area contributed by atoms with Gasteiger partial charge in [0, 0.05) is 12.5 Å². The quantitative estimate of drug-likeness (QED) is 0.781. The molecule has 138 valence electrons. The summed E-state index contributed by atoms with van der Waals surface area (Å²) < 4.78 is 5.15. The van der Waals surface area contributed by atoms with Crippen molar-refractivity contribution in [1.82, 2.24) is 10.6 Å². The predicted molar refractivity (Wildman–Crippen MR) is 99.7 cm³/mol. The minimum atomic E-state index is -0.627. The fourth-order valence-corrected chi connectivity index (χ4v) is 3.42. The van der Waals surface area contributed by atoms with Gasteiger partial charge in [-0.3, -0.25) is 9.59 Å². The molecule has 0 radical (unpaired) electrons. The largest absolute Gasteiger partial charge is 0.459 e. The van der Waals surface area contributed by atoms with Crippen LogP contribution in [0, 0.1) is 0 Å². The lowest BCUT2D eigenvalue weighted by molar-refractivity contribution is -0.123. The third-order valence-corrected chi connectivity index (χ3v) is 4.85. The van der Waals surface area contributed by atoms with E-state index in [1.54, 1.807) is 12.1 Å². The zero-order valence-electron chi connectivity index (χ0n) is 14.9. The van der Waals surface area contributed by atoms with E-state index in [9.17, 15) is 9.59 Å². The van der Waals surface area contributed by atoms with E-state index in [1.165, 1.54) is 19.1 Å². The van der Waals surface area contributed by atoms with E-state index >= 15 is 0 Å². The Morgan fingerprint density at radius 2 is 1.73 bits per heavy atom. The highest BCUT2D eigenvalue weighted by molar-refractivity contribution is 5.95. The fraction of sp³-hybridized carbons (Fsp3) is 0.429. The second-order valence-corrected chi connectivity index (χ2v) is 6.89. The molecule has 5 heteroatoms. The number of benzene rings is 1. The maximum atomic E-state index is 12.9. The Labute approximate surface area is 154 Å². The maximum absolute atomic E-state index is 12.9. The highest BCUT2D eigenvalue weighted by Crippen LogP contribution is 2.17. The summed E-state index contributed by atoms with van der Waals surface area (Å²) in [5, 5.41) is 5.97. The van der Waals surface area contributed by atoms with Crippen molar-refractivity contribution in [2.75, 3.05) is 0 Å². The molecule has 2 N–H and O–H groups in total. The molecule has 1 fully saturated rings. The third-order valence-electron chi connectivity index (χ3n) is 4.85. The van der Waals surface area contributed by atoms with Crippen LogP contribution in [0.4, 0.5) is 0 Å². The van der Waals surface area contributed by atoms with Crippen molar-refractivity contribution >= 4 is 11.8 Å². The van der Waals surface area contributed by atoms with E-state index in [4.69, 9.17) is 4.42 Å². The summed E-state index contributed by atoms with van der Waals surface area (Å²) >= 11 is 0. The second-order valence-electron chi connectivity index (χ2n) is 6.89. The summed E-state index contributed by atoms with van der Waals surface area (Å²) in [5.74, 6) is -0.280. The van der Waals surface area contributed by atoms with Crippen LogP contribution in [0.1, 0.15) is 54.6 Å². The van der Waals surface area contributed by atoms with Gasteiger partial charge in [0.1, 0.15) is 6.04 Å². The van der Waals surface area contributed by atoms with Crippen molar-refractivity contribution < 1.29 is 14.0 Å². The topological polar surface area (TPSA) is 71.3 Å². The van der Waals surface area contributed by atoms with Gasteiger partial charge in [0.2, 0.25) is 5.91 Å². The standard InChI is InChI=1S/C21H26N2O3/c24-20(22-17-11-6-1-2-7-12-17)18(15-16-9-4-3-5-10-16)23-21(25)19-13-8-14-26-19/h3-5,8-10,13-14,17-18H,1-2,6-7,11-12,15H2,(H,22,24)(H,23,25)/t18-/m0/s1. The Morgan fingerprint density at radius 1 is 1.00 bits per heavy atom. The molecule has 3 rings (SSSR count). The number of nitrogens with one attached hydrogen (secondary N) is 2. The molecule has 1 aliphatic rings. The average Bonchev–Trinajstić information content (AvgIpc) is 3.08. The van der Waals surface area contributed by atoms with Gasteiger partial charge in [-0.05, 0) is 30.5 Å². The first kappa shape index (κ1) is 18.2. The Bertz CT molecular complexity index is 689. The summed E-state index contributed by atoms with van der Waals surface area (Å²) in [4.78, 5) is 25.2. The lowest BCUT2D eigenvalue weighted by atomic mass is 10.0. The number of hydrogen-bond donors (Lipinski definition) is 2. The van der Waals surface area contributed by atoms with Crippen molar-refractivity contribution in [3.8, 4) is 0 Å². The summed E-state index contributed by atoms with van der Waals surface area (Å²) in [6.07, 6.45) is 8.68. The molecule has 1 atom stereocenters. The Morgan fingerprint density at radius 3 is 2.38 bits per heavy atom. The van der Waals surface area contributed by atoms with Crippen molar-refractivity contribution in [3.63, 3.8) is 0 Å². The zero-order chi connectivity index (χ0) is 18.2. The molecule has 2 aromatic rings. The Hall–Kier alpha value is -2.56. The smallest absolute Gasteiger partial charge is 0.287 e. The molecule has 0 unspecified atom stereocenters. The average molecular weight is 354 g/mol. The summed E-state index contributed by atoms with van der Waals surface area (Å²) in [5.41, 5.74) is 1.01. The van der Waals surface area contributed by atoms with Crippen LogP contribution in [-0.2, 0) is 11.2 Å². The molecular weight excluding hydrogens is 328 g/mol. The molecule has 1 saturated carbocycles. The molecule has 26 heavy (non-hydrogen) atoms. The molecular formula is C21H26N2O3. The van der Waals surface area contributed by atoms with Crippen molar-refractivity contribution in [2.24, 2.45) is 0 Å². The summed E-state index contributed by atoms with van der Waals surface area (Å²) in [7, 11) is 0. The number of hydrogen-bond acceptors (Lipinski definition) is 3. The van der Waals surface area contributed by atoms with Gasteiger partial charge in [-0.2, -0.15) is 0 Å². The normalized spacial score (nSPS) is 16.5. The van der Waals surface area contributed by atoms with Gasteiger partial charge in [-0.15, -0.1) is 0 Å². The summed E-state index contributed by atoms with van der Waals surface area (Å²) in [6, 6.07) is 12.6. The van der Waals surface area contributed by atoms with Crippen LogP contribution < -0.4 is 10.6 Å². The van der Waals surface area contributed by atoms with Crippen LogP contribution in [0.2, 0.25) is 0 Å². The molecule has 1 aliphatic carbocycles. The van der Waals surface area contributed by atoms with Crippen LogP contribution in [0.15, 0.2) is 53.1 Å². The lowest BCUT2D eigenvalue weighted by Gasteiger charge is -2.22. The van der Waals surface area contributed by atoms with Crippen molar-refractivity contribution in [3.05, 3.63) is 60.1 Å². The van der Waals surface area contributed by atoms with Gasteiger partial charge in [0.25, 0.3) is 5.91 Å². The number of amides is 2. The summed E-state index contributed by atoms with van der Waals surface area (Å²) in [6.45, 7) is 0. The van der Waals surface area contributed by atoms with Gasteiger partial charge in [-0.25, -0.2) is 0 Å². The van der Waals surface area contributed by atoms with Crippen LogP contribution >= 0.6 is 0 Å². The fourth-order valence-electron chi connectivity index (χ4n) is 3.42. The molecule has 0 bridgehead atoms. The van der Waals surface area contributed by atoms with Crippen molar-refractivity contribution in [1.29, 1.82) is 0 Å². The maximum Gasteiger partial charge on any atom is 0.287 e. The first-order chi connectivity index (χ1) is 12.7. The third kappa shape index (κ3) is 5.22. The molecule has 0 spiro atoms. The Kier molecular flexibility index (Phi) is 6.47. The highest BCUT2D eigenvalue weighted by Gasteiger charge is 2.25. The first-order valence-electron chi connectivity index (χ1n) is 9.41. The van der Waals surface area contributed by atoms with Crippen molar-refractivity contribution in [2.45, 2.75) is 57.0 Å². The monoisotopic (exact) mass is 354 g/mol. The van der Waals surface area contributed by atoms with Gasteiger partial charge < -0.3 is 15.1 Å². The number of carbonyl (C=O) groups excluding carboxylic acids is 2. The van der Waals surface area contributed by atoms with E-state index < -0.39 is 6.04 Å². The van der Waals surface area contributed by atoms with Crippen LogP contribution in [0.5, 0.6) is 0 Å². The SMILES string of the molecule is O=C(N[C@@H](Cc1ccccc1)C(=O)NC1CCCCCC1)c1ccco1. The van der Waals surface area contributed by atoms with Crippen LogP contribution in [-0.4, -0.2) is 23.9 Å². The number of carbonyl (C=O) groups is 2. The molecule has 0 saturated heterocycles. The lowest BCUT2D eigenvalue weighted by Crippen LogP contribution is -2.50.